The Bertz CT molecular complexity index is 893. The van der Waals surface area contributed by atoms with Gasteiger partial charge in [0.1, 0.15) is 5.76 Å². The lowest BCUT2D eigenvalue weighted by atomic mass is 10.2. The summed E-state index contributed by atoms with van der Waals surface area (Å²) in [4.78, 5) is 18.5. The fourth-order valence-corrected chi connectivity index (χ4v) is 2.78. The molecule has 1 amide bonds. The summed E-state index contributed by atoms with van der Waals surface area (Å²) < 4.78 is 5.38. The maximum atomic E-state index is 12.7. The lowest BCUT2D eigenvalue weighted by Gasteiger charge is -2.20. The largest absolute Gasteiger partial charge is 0.467 e. The molecule has 0 bridgehead atoms. The van der Waals surface area contributed by atoms with Gasteiger partial charge < -0.3 is 9.32 Å². The summed E-state index contributed by atoms with van der Waals surface area (Å²) in [7, 11) is 0. The predicted molar refractivity (Wildman–Crippen MR) is 103 cm³/mol. The molecule has 0 unspecified atom stereocenters. The highest BCUT2D eigenvalue weighted by Crippen LogP contribution is 2.22. The molecule has 0 N–H and O–H groups in total. The second-order valence-electron chi connectivity index (χ2n) is 5.63. The fourth-order valence-electron chi connectivity index (χ4n) is 2.42. The lowest BCUT2D eigenvalue weighted by Crippen LogP contribution is -2.28. The number of rotatable bonds is 6. The van der Waals surface area contributed by atoms with Gasteiger partial charge in [0.2, 0.25) is 5.91 Å². The number of carbonyl (C=O) groups excluding carboxylic acids is 1. The van der Waals surface area contributed by atoms with Crippen molar-refractivity contribution < 1.29 is 9.21 Å². The molecule has 2 heterocycles. The smallest absolute Gasteiger partial charge is 0.247 e. The number of nitrogens with zero attached hydrogens (tertiary/aromatic N) is 2. The number of pyridine rings is 1. The Morgan fingerprint density at radius 1 is 1.15 bits per heavy atom. The number of carbonyl (C=O) groups is 1. The average molecular weight is 387 g/mol. The van der Waals surface area contributed by atoms with Crippen LogP contribution in [0.5, 0.6) is 0 Å². The summed E-state index contributed by atoms with van der Waals surface area (Å²) in [6.07, 6.45) is 8.17. The number of amides is 1. The van der Waals surface area contributed by atoms with Crippen LogP contribution in [0.2, 0.25) is 10.0 Å². The minimum atomic E-state index is -0.165. The van der Waals surface area contributed by atoms with Crippen LogP contribution in [0.4, 0.5) is 0 Å². The minimum Gasteiger partial charge on any atom is -0.467 e. The van der Waals surface area contributed by atoms with Gasteiger partial charge in [0.15, 0.2) is 0 Å². The van der Waals surface area contributed by atoms with Crippen molar-refractivity contribution in [3.8, 4) is 0 Å². The first kappa shape index (κ1) is 18.2. The molecule has 0 atom stereocenters. The third kappa shape index (κ3) is 4.97. The van der Waals surface area contributed by atoms with Crippen LogP contribution in [0.25, 0.3) is 6.08 Å². The molecule has 0 fully saturated rings. The van der Waals surface area contributed by atoms with Gasteiger partial charge in [-0.05, 0) is 53.6 Å². The van der Waals surface area contributed by atoms with E-state index in [1.807, 2.05) is 18.2 Å². The Hall–Kier alpha value is -2.56. The van der Waals surface area contributed by atoms with E-state index < -0.39 is 0 Å². The molecule has 0 aliphatic rings. The molecule has 4 nitrogen and oxygen atoms in total. The molecular weight excluding hydrogens is 371 g/mol. The van der Waals surface area contributed by atoms with Crippen LogP contribution in [0, 0.1) is 0 Å². The van der Waals surface area contributed by atoms with Gasteiger partial charge >= 0.3 is 0 Å². The van der Waals surface area contributed by atoms with E-state index in [0.717, 1.165) is 5.56 Å². The Kier molecular flexibility index (Phi) is 6.10. The Labute approximate surface area is 161 Å². The quantitative estimate of drug-likeness (QED) is 0.545. The number of benzene rings is 1. The molecule has 0 radical (unpaired) electrons. The zero-order chi connectivity index (χ0) is 18.4. The van der Waals surface area contributed by atoms with Gasteiger partial charge in [-0.3, -0.25) is 9.78 Å². The monoisotopic (exact) mass is 386 g/mol. The van der Waals surface area contributed by atoms with E-state index >= 15 is 0 Å². The predicted octanol–water partition coefficient (Wildman–Crippen LogP) is 5.22. The third-order valence-corrected chi connectivity index (χ3v) is 4.28. The van der Waals surface area contributed by atoms with Crippen molar-refractivity contribution in [2.45, 2.75) is 13.1 Å². The van der Waals surface area contributed by atoms with E-state index in [0.29, 0.717) is 34.5 Å². The minimum absolute atomic E-state index is 0.165. The number of furan rings is 1. The van der Waals surface area contributed by atoms with Crippen molar-refractivity contribution in [3.05, 3.63) is 94.1 Å². The Balaban J connectivity index is 1.79. The molecule has 0 aliphatic heterocycles. The van der Waals surface area contributed by atoms with Crippen LogP contribution in [0.3, 0.4) is 0 Å². The molecule has 3 aromatic rings. The molecule has 132 valence electrons. The van der Waals surface area contributed by atoms with Gasteiger partial charge in [-0.15, -0.1) is 0 Å². The van der Waals surface area contributed by atoms with Gasteiger partial charge in [-0.25, -0.2) is 0 Å². The average Bonchev–Trinajstić information content (AvgIpc) is 3.15. The first-order valence-corrected chi connectivity index (χ1v) is 8.71. The topological polar surface area (TPSA) is 46.3 Å². The van der Waals surface area contributed by atoms with Crippen molar-refractivity contribution in [2.24, 2.45) is 0 Å². The van der Waals surface area contributed by atoms with Gasteiger partial charge in [-0.2, -0.15) is 0 Å². The van der Waals surface area contributed by atoms with Gasteiger partial charge in [0, 0.05) is 35.1 Å². The molecule has 0 aliphatic carbocycles. The SMILES string of the molecule is O=C(/C=C/c1cc(Cl)ccc1Cl)N(Cc1cccnc1)Cc1ccco1. The van der Waals surface area contributed by atoms with Crippen molar-refractivity contribution in [3.63, 3.8) is 0 Å². The summed E-state index contributed by atoms with van der Waals surface area (Å²) in [5.41, 5.74) is 1.62. The van der Waals surface area contributed by atoms with E-state index in [2.05, 4.69) is 4.98 Å². The molecule has 0 saturated heterocycles. The molecule has 3 rings (SSSR count). The van der Waals surface area contributed by atoms with Crippen LogP contribution in [0.1, 0.15) is 16.9 Å². The Morgan fingerprint density at radius 2 is 2.04 bits per heavy atom. The van der Waals surface area contributed by atoms with Crippen LogP contribution in [-0.2, 0) is 17.9 Å². The Morgan fingerprint density at radius 3 is 2.77 bits per heavy atom. The number of aromatic nitrogens is 1. The zero-order valence-electron chi connectivity index (χ0n) is 13.8. The van der Waals surface area contributed by atoms with Crippen LogP contribution in [0.15, 0.2) is 71.6 Å². The molecule has 26 heavy (non-hydrogen) atoms. The highest BCUT2D eigenvalue weighted by Gasteiger charge is 2.14. The van der Waals surface area contributed by atoms with Crippen molar-refractivity contribution >= 4 is 35.2 Å². The summed E-state index contributed by atoms with van der Waals surface area (Å²) in [5, 5.41) is 1.09. The van der Waals surface area contributed by atoms with Crippen LogP contribution in [-0.4, -0.2) is 15.8 Å². The summed E-state index contributed by atoms with van der Waals surface area (Å²) in [5.74, 6) is 0.540. The van der Waals surface area contributed by atoms with Crippen LogP contribution < -0.4 is 0 Å². The molecular formula is C20H16Cl2N2O2. The van der Waals surface area contributed by atoms with Gasteiger partial charge in [0.05, 0.1) is 12.8 Å². The van der Waals surface area contributed by atoms with E-state index in [9.17, 15) is 4.79 Å². The molecule has 2 aromatic heterocycles. The first-order chi connectivity index (χ1) is 12.6. The lowest BCUT2D eigenvalue weighted by molar-refractivity contribution is -0.127. The van der Waals surface area contributed by atoms with Crippen molar-refractivity contribution in [2.75, 3.05) is 0 Å². The number of hydrogen-bond acceptors (Lipinski definition) is 3. The van der Waals surface area contributed by atoms with Gasteiger partial charge in [-0.1, -0.05) is 29.3 Å². The number of hydrogen-bond donors (Lipinski definition) is 0. The highest BCUT2D eigenvalue weighted by molar-refractivity contribution is 6.34. The van der Waals surface area contributed by atoms with E-state index in [1.165, 1.54) is 6.08 Å². The third-order valence-electron chi connectivity index (χ3n) is 3.70. The fraction of sp³-hybridized carbons (Fsp3) is 0.100. The van der Waals surface area contributed by atoms with E-state index in [1.54, 1.807) is 53.9 Å². The molecule has 0 saturated carbocycles. The van der Waals surface area contributed by atoms with Gasteiger partial charge in [0.25, 0.3) is 0 Å². The van der Waals surface area contributed by atoms with Crippen LogP contribution >= 0.6 is 23.2 Å². The highest BCUT2D eigenvalue weighted by atomic mass is 35.5. The summed E-state index contributed by atoms with van der Waals surface area (Å²) >= 11 is 12.1. The summed E-state index contributed by atoms with van der Waals surface area (Å²) in [6.45, 7) is 0.773. The van der Waals surface area contributed by atoms with Crippen molar-refractivity contribution in [1.82, 2.24) is 9.88 Å². The second-order valence-corrected chi connectivity index (χ2v) is 6.48. The van der Waals surface area contributed by atoms with Crippen molar-refractivity contribution in [1.29, 1.82) is 0 Å². The second kappa shape index (κ2) is 8.70. The normalized spacial score (nSPS) is 11.0. The molecule has 0 spiro atoms. The molecule has 6 heteroatoms. The standard InChI is InChI=1S/C20H16Cl2N2O2/c21-17-6-7-19(22)16(11-17)5-8-20(25)24(14-18-4-2-10-26-18)13-15-3-1-9-23-12-15/h1-12H,13-14H2/b8-5+. The first-order valence-electron chi connectivity index (χ1n) is 7.95. The van der Waals surface area contributed by atoms with E-state index in [-0.39, 0.29) is 5.91 Å². The molecule has 1 aromatic carbocycles. The summed E-state index contributed by atoms with van der Waals surface area (Å²) in [6, 6.07) is 12.5. The maximum Gasteiger partial charge on any atom is 0.247 e. The maximum absolute atomic E-state index is 12.7. The van der Waals surface area contributed by atoms with E-state index in [4.69, 9.17) is 27.6 Å². The number of halogens is 2. The zero-order valence-corrected chi connectivity index (χ0v) is 15.3.